The van der Waals surface area contributed by atoms with Crippen LogP contribution in [-0.4, -0.2) is 33.1 Å². The monoisotopic (exact) mass is 388 g/mol. The highest BCUT2D eigenvalue weighted by Gasteiger charge is 2.14. The average Bonchev–Trinajstić information content (AvgIpc) is 3.46. The van der Waals surface area contributed by atoms with Gasteiger partial charge in [-0.2, -0.15) is 4.68 Å². The van der Waals surface area contributed by atoms with Gasteiger partial charge in [0.05, 0.1) is 19.1 Å². The number of para-hydroxylation sites is 1. The quantitative estimate of drug-likeness (QED) is 0.349. The molecule has 2 aromatic carbocycles. The van der Waals surface area contributed by atoms with Crippen LogP contribution in [0.15, 0.2) is 77.4 Å². The second-order valence-corrected chi connectivity index (χ2v) is 5.90. The lowest BCUT2D eigenvalue weighted by Gasteiger charge is -2.10. The summed E-state index contributed by atoms with van der Waals surface area (Å²) in [7, 11) is 1.53. The number of aromatic nitrogens is 4. The molecule has 0 saturated heterocycles. The van der Waals surface area contributed by atoms with E-state index in [-0.39, 0.29) is 17.6 Å². The van der Waals surface area contributed by atoms with Gasteiger partial charge in [0.25, 0.3) is 0 Å². The number of methoxy groups -OCH3 is 1. The van der Waals surface area contributed by atoms with Crippen molar-refractivity contribution in [2.24, 2.45) is 0 Å². The van der Waals surface area contributed by atoms with Crippen LogP contribution in [0, 0.1) is 0 Å². The van der Waals surface area contributed by atoms with Crippen LogP contribution >= 0.6 is 0 Å². The van der Waals surface area contributed by atoms with Crippen molar-refractivity contribution >= 4 is 11.9 Å². The van der Waals surface area contributed by atoms with E-state index in [4.69, 9.17) is 13.9 Å². The zero-order valence-electron chi connectivity index (χ0n) is 15.4. The molecule has 0 spiro atoms. The Morgan fingerprint density at radius 2 is 1.93 bits per heavy atom. The topological polar surface area (TPSA) is 92.3 Å². The number of carbonyl (C=O) groups is 1. The maximum absolute atomic E-state index is 12.0. The number of nitrogens with zero attached hydrogens (tertiary/aromatic N) is 4. The first-order valence-corrected chi connectivity index (χ1v) is 8.70. The highest BCUT2D eigenvalue weighted by atomic mass is 16.5. The lowest BCUT2D eigenvalue weighted by molar-refractivity contribution is 0.102. The lowest BCUT2D eigenvalue weighted by atomic mass is 10.1. The van der Waals surface area contributed by atoms with Crippen molar-refractivity contribution in [3.05, 3.63) is 84.3 Å². The van der Waals surface area contributed by atoms with Crippen LogP contribution in [-0.2, 0) is 0 Å². The molecule has 0 saturated carbocycles. The van der Waals surface area contributed by atoms with Crippen LogP contribution in [0.4, 0.5) is 0 Å². The van der Waals surface area contributed by atoms with Crippen LogP contribution in [0.3, 0.4) is 0 Å². The summed E-state index contributed by atoms with van der Waals surface area (Å²) in [6, 6.07) is 18.1. The van der Waals surface area contributed by atoms with Gasteiger partial charge in [-0.05, 0) is 58.5 Å². The van der Waals surface area contributed by atoms with Gasteiger partial charge in [-0.15, -0.1) is 0 Å². The van der Waals surface area contributed by atoms with Crippen molar-refractivity contribution in [1.82, 2.24) is 20.2 Å². The van der Waals surface area contributed by atoms with Crippen molar-refractivity contribution in [3.8, 4) is 23.2 Å². The normalized spacial score (nSPS) is 10.9. The predicted molar refractivity (Wildman–Crippen MR) is 104 cm³/mol. The molecule has 0 amide bonds. The van der Waals surface area contributed by atoms with Crippen LogP contribution in [0.25, 0.3) is 11.8 Å². The second kappa shape index (κ2) is 8.22. The fraction of sp³-hybridized carbons (Fsp3) is 0.0476. The summed E-state index contributed by atoms with van der Waals surface area (Å²) in [6.07, 6.45) is 4.56. The number of ketones is 1. The molecule has 8 heteroatoms. The molecule has 0 bridgehead atoms. The van der Waals surface area contributed by atoms with E-state index in [1.54, 1.807) is 36.4 Å². The zero-order chi connectivity index (χ0) is 20.1. The average molecular weight is 388 g/mol. The van der Waals surface area contributed by atoms with Gasteiger partial charge in [-0.1, -0.05) is 35.4 Å². The van der Waals surface area contributed by atoms with Gasteiger partial charge in [0.1, 0.15) is 0 Å². The molecule has 0 unspecified atom stereocenters. The van der Waals surface area contributed by atoms with E-state index < -0.39 is 0 Å². The van der Waals surface area contributed by atoms with Gasteiger partial charge in [0.15, 0.2) is 17.3 Å². The molecule has 0 fully saturated rings. The van der Waals surface area contributed by atoms with Gasteiger partial charge < -0.3 is 13.9 Å². The summed E-state index contributed by atoms with van der Waals surface area (Å²) in [5.41, 5.74) is 1.53. The summed E-state index contributed by atoms with van der Waals surface area (Å²) in [6.45, 7) is 0. The van der Waals surface area contributed by atoms with Gasteiger partial charge in [-0.25, -0.2) is 0 Å². The molecule has 0 N–H and O–H groups in total. The van der Waals surface area contributed by atoms with E-state index in [0.717, 1.165) is 11.3 Å². The largest absolute Gasteiger partial charge is 0.493 e. The molecule has 0 aliphatic rings. The molecule has 4 rings (SSSR count). The summed E-state index contributed by atoms with van der Waals surface area (Å²) >= 11 is 0. The standard InChI is InChI=1S/C21H16N4O4/c1-27-20-14-15(9-11-17(26)18-8-5-13-28-18)10-12-19(20)29-21-22-23-24-25(21)16-6-3-2-4-7-16/h2-14H,1H3/b11-9+. The number of hydrogen-bond acceptors (Lipinski definition) is 7. The van der Waals surface area contributed by atoms with E-state index in [9.17, 15) is 4.79 Å². The zero-order valence-corrected chi connectivity index (χ0v) is 15.4. The van der Waals surface area contributed by atoms with Crippen molar-refractivity contribution < 1.29 is 18.7 Å². The van der Waals surface area contributed by atoms with Gasteiger partial charge in [0.2, 0.25) is 5.78 Å². The third-order valence-electron chi connectivity index (χ3n) is 4.02. The third kappa shape index (κ3) is 4.06. The smallest absolute Gasteiger partial charge is 0.346 e. The molecule has 0 aliphatic carbocycles. The molecule has 4 aromatic rings. The Morgan fingerprint density at radius 3 is 2.69 bits per heavy atom. The van der Waals surface area contributed by atoms with Gasteiger partial charge in [-0.3, -0.25) is 4.79 Å². The first-order chi connectivity index (χ1) is 14.2. The fourth-order valence-electron chi connectivity index (χ4n) is 2.62. The number of benzene rings is 2. The molecule has 0 radical (unpaired) electrons. The predicted octanol–water partition coefficient (Wildman–Crippen LogP) is 3.95. The summed E-state index contributed by atoms with van der Waals surface area (Å²) in [5, 5.41) is 11.6. The Balaban J connectivity index is 1.55. The summed E-state index contributed by atoms with van der Waals surface area (Å²) in [5.74, 6) is 0.964. The number of rotatable bonds is 7. The number of furan rings is 1. The third-order valence-corrected chi connectivity index (χ3v) is 4.02. The van der Waals surface area contributed by atoms with E-state index in [0.29, 0.717) is 11.5 Å². The van der Waals surface area contributed by atoms with Crippen LogP contribution in [0.1, 0.15) is 16.1 Å². The maximum atomic E-state index is 12.0. The molecular formula is C21H16N4O4. The number of tetrazole rings is 1. The molecule has 29 heavy (non-hydrogen) atoms. The van der Waals surface area contributed by atoms with E-state index in [1.165, 1.54) is 24.1 Å². The Kier molecular flexibility index (Phi) is 5.15. The number of carbonyl (C=O) groups excluding carboxylic acids is 1. The van der Waals surface area contributed by atoms with E-state index in [2.05, 4.69) is 15.5 Å². The van der Waals surface area contributed by atoms with E-state index >= 15 is 0 Å². The second-order valence-electron chi connectivity index (χ2n) is 5.90. The van der Waals surface area contributed by atoms with Crippen molar-refractivity contribution in [2.45, 2.75) is 0 Å². The maximum Gasteiger partial charge on any atom is 0.346 e. The molecule has 2 aromatic heterocycles. The number of ether oxygens (including phenoxy) is 2. The SMILES string of the molecule is COc1cc(/C=C/C(=O)c2ccco2)ccc1Oc1nnnn1-c1ccccc1. The van der Waals surface area contributed by atoms with Crippen molar-refractivity contribution in [1.29, 1.82) is 0 Å². The summed E-state index contributed by atoms with van der Waals surface area (Å²) in [4.78, 5) is 12.0. The van der Waals surface area contributed by atoms with Crippen LogP contribution in [0.5, 0.6) is 17.5 Å². The molecular weight excluding hydrogens is 372 g/mol. The van der Waals surface area contributed by atoms with Gasteiger partial charge in [0, 0.05) is 0 Å². The van der Waals surface area contributed by atoms with Crippen LogP contribution in [0.2, 0.25) is 0 Å². The Bertz CT molecular complexity index is 1130. The van der Waals surface area contributed by atoms with Gasteiger partial charge >= 0.3 is 6.01 Å². The number of hydrogen-bond donors (Lipinski definition) is 0. The first-order valence-electron chi connectivity index (χ1n) is 8.70. The molecule has 0 atom stereocenters. The minimum absolute atomic E-state index is 0.200. The Labute approximate surface area is 166 Å². The lowest BCUT2D eigenvalue weighted by Crippen LogP contribution is -2.01. The fourth-order valence-corrected chi connectivity index (χ4v) is 2.62. The molecule has 2 heterocycles. The minimum Gasteiger partial charge on any atom is -0.493 e. The molecule has 8 nitrogen and oxygen atoms in total. The highest BCUT2D eigenvalue weighted by Crippen LogP contribution is 2.32. The first kappa shape index (κ1) is 18.2. The Morgan fingerprint density at radius 1 is 1.07 bits per heavy atom. The minimum atomic E-state index is -0.226. The molecule has 144 valence electrons. The Hall–Kier alpha value is -4.20. The molecule has 0 aliphatic heterocycles. The van der Waals surface area contributed by atoms with Crippen molar-refractivity contribution in [2.75, 3.05) is 7.11 Å². The van der Waals surface area contributed by atoms with E-state index in [1.807, 2.05) is 30.3 Å². The highest BCUT2D eigenvalue weighted by molar-refractivity contribution is 6.04. The van der Waals surface area contributed by atoms with Crippen LogP contribution < -0.4 is 9.47 Å². The number of allylic oxidation sites excluding steroid dienone is 1. The van der Waals surface area contributed by atoms with Crippen molar-refractivity contribution in [3.63, 3.8) is 0 Å². The summed E-state index contributed by atoms with van der Waals surface area (Å²) < 4.78 is 17.8.